The smallest absolute Gasteiger partial charge is 0.125 e. The van der Waals surface area contributed by atoms with E-state index in [2.05, 4.69) is 0 Å². The molecule has 0 aliphatic carbocycles. The van der Waals surface area contributed by atoms with Crippen LogP contribution >= 0.6 is 0 Å². The Morgan fingerprint density at radius 1 is 0.952 bits per heavy atom. The molecular formula is C15H15N2O3S-. The normalized spacial score (nSPS) is 11.9. The molecule has 0 aliphatic heterocycles. The number of nitrogens with two attached hydrogens (primary N) is 2. The molecular weight excluding hydrogens is 288 g/mol. The summed E-state index contributed by atoms with van der Waals surface area (Å²) in [4.78, 5) is -0.327. The Morgan fingerprint density at radius 2 is 1.48 bits per heavy atom. The van der Waals surface area contributed by atoms with E-state index in [1.54, 1.807) is 24.3 Å². The molecule has 0 saturated carbocycles. The number of nitrogen functional groups attached to an aromatic ring is 2. The van der Waals surface area contributed by atoms with E-state index in [4.69, 9.17) is 11.5 Å². The zero-order valence-corrected chi connectivity index (χ0v) is 12.2. The average molecular weight is 303 g/mol. The second-order valence-corrected chi connectivity index (χ2v) is 6.05. The molecule has 2 aromatic carbocycles. The Labute approximate surface area is 123 Å². The zero-order valence-electron chi connectivity index (χ0n) is 11.4. The molecule has 0 aromatic heterocycles. The maximum absolute atomic E-state index is 11.3. The van der Waals surface area contributed by atoms with Gasteiger partial charge in [0, 0.05) is 11.4 Å². The van der Waals surface area contributed by atoms with Crippen molar-refractivity contribution >= 4 is 33.6 Å². The Kier molecular flexibility index (Phi) is 4.02. The van der Waals surface area contributed by atoms with Gasteiger partial charge in [0.2, 0.25) is 0 Å². The summed E-state index contributed by atoms with van der Waals surface area (Å²) in [5.41, 5.74) is 14.2. The molecule has 6 heteroatoms. The van der Waals surface area contributed by atoms with Gasteiger partial charge in [-0.15, -0.1) is 0 Å². The molecule has 0 aliphatic rings. The summed E-state index contributed by atoms with van der Waals surface area (Å²) in [5.74, 6) is 0. The third-order valence-electron chi connectivity index (χ3n) is 3.04. The van der Waals surface area contributed by atoms with Crippen molar-refractivity contribution in [3.63, 3.8) is 0 Å². The van der Waals surface area contributed by atoms with E-state index >= 15 is 0 Å². The van der Waals surface area contributed by atoms with Crippen molar-refractivity contribution in [3.8, 4) is 0 Å². The summed E-state index contributed by atoms with van der Waals surface area (Å²) in [6.45, 7) is 1.89. The van der Waals surface area contributed by atoms with Gasteiger partial charge in [-0.3, -0.25) is 0 Å². The topological polar surface area (TPSA) is 109 Å². The zero-order chi connectivity index (χ0) is 15.6. The van der Waals surface area contributed by atoms with Crippen LogP contribution in [-0.4, -0.2) is 13.0 Å². The summed E-state index contributed by atoms with van der Waals surface area (Å²) in [7, 11) is -4.58. The molecule has 0 bridgehead atoms. The minimum absolute atomic E-state index is 0.227. The van der Waals surface area contributed by atoms with Gasteiger partial charge in [0.15, 0.2) is 0 Å². The van der Waals surface area contributed by atoms with Crippen LogP contribution in [0.4, 0.5) is 11.4 Å². The van der Waals surface area contributed by atoms with Gasteiger partial charge in [-0.2, -0.15) is 0 Å². The Balaban J connectivity index is 2.46. The van der Waals surface area contributed by atoms with Crippen LogP contribution in [0, 0.1) is 6.92 Å². The van der Waals surface area contributed by atoms with E-state index in [-0.39, 0.29) is 10.6 Å². The Morgan fingerprint density at radius 3 is 2.05 bits per heavy atom. The van der Waals surface area contributed by atoms with Crippen LogP contribution in [0.1, 0.15) is 16.7 Å². The molecule has 0 saturated heterocycles. The average Bonchev–Trinajstić information content (AvgIpc) is 2.38. The lowest BCUT2D eigenvalue weighted by molar-refractivity contribution is 0.463. The molecule has 0 spiro atoms. The predicted octanol–water partition coefficient (Wildman–Crippen LogP) is 2.23. The summed E-state index contributed by atoms with van der Waals surface area (Å²) in [5, 5.41) is 0. The second kappa shape index (κ2) is 5.59. The summed E-state index contributed by atoms with van der Waals surface area (Å²) < 4.78 is 33.8. The summed E-state index contributed by atoms with van der Waals surface area (Å²) in [6, 6.07) is 9.60. The van der Waals surface area contributed by atoms with Crippen molar-refractivity contribution in [2.75, 3.05) is 11.5 Å². The van der Waals surface area contributed by atoms with Crippen molar-refractivity contribution < 1.29 is 13.0 Å². The van der Waals surface area contributed by atoms with Crippen LogP contribution in [0.5, 0.6) is 0 Å². The highest BCUT2D eigenvalue weighted by Gasteiger charge is 2.07. The lowest BCUT2D eigenvalue weighted by Gasteiger charge is -2.11. The first-order chi connectivity index (χ1) is 9.77. The highest BCUT2D eigenvalue weighted by Crippen LogP contribution is 2.22. The molecule has 4 N–H and O–H groups in total. The van der Waals surface area contributed by atoms with Crippen LogP contribution in [0.25, 0.3) is 12.2 Å². The molecule has 0 atom stereocenters. The largest absolute Gasteiger partial charge is 0.744 e. The van der Waals surface area contributed by atoms with Crippen LogP contribution in [0.3, 0.4) is 0 Å². The van der Waals surface area contributed by atoms with Gasteiger partial charge in [0.25, 0.3) is 0 Å². The Hall–Kier alpha value is -2.31. The monoisotopic (exact) mass is 303 g/mol. The van der Waals surface area contributed by atoms with Crippen LogP contribution in [0.2, 0.25) is 0 Å². The third kappa shape index (κ3) is 3.62. The summed E-state index contributed by atoms with van der Waals surface area (Å²) >= 11 is 0. The number of aryl methyl sites for hydroxylation is 1. The molecule has 2 rings (SSSR count). The first-order valence-corrected chi connectivity index (χ1v) is 7.58. The van der Waals surface area contributed by atoms with Gasteiger partial charge >= 0.3 is 0 Å². The van der Waals surface area contributed by atoms with E-state index in [1.165, 1.54) is 6.07 Å². The van der Waals surface area contributed by atoms with Gasteiger partial charge in [-0.05, 0) is 47.9 Å². The quantitative estimate of drug-likeness (QED) is 0.513. The number of anilines is 2. The van der Waals surface area contributed by atoms with Gasteiger partial charge in [0.05, 0.1) is 4.90 Å². The SMILES string of the molecule is Cc1cc(N)ccc1/C=C/c1ccc(N)cc1S(=O)(=O)[O-]. The molecule has 0 heterocycles. The fraction of sp³-hybridized carbons (Fsp3) is 0.0667. The third-order valence-corrected chi connectivity index (χ3v) is 3.94. The molecule has 0 radical (unpaired) electrons. The standard InChI is InChI=1S/C15H16N2O3S/c1-10-8-13(16)6-4-11(10)2-3-12-5-7-14(17)9-15(12)21(18,19)20/h2-9H,16-17H2,1H3,(H,18,19,20)/p-1/b3-2+. The van der Waals surface area contributed by atoms with E-state index < -0.39 is 10.1 Å². The van der Waals surface area contributed by atoms with E-state index in [0.29, 0.717) is 11.3 Å². The fourth-order valence-electron chi connectivity index (χ4n) is 1.97. The molecule has 0 fully saturated rings. The lowest BCUT2D eigenvalue weighted by atomic mass is 10.1. The minimum atomic E-state index is -4.58. The van der Waals surface area contributed by atoms with E-state index in [9.17, 15) is 13.0 Å². The van der Waals surface area contributed by atoms with E-state index in [1.807, 2.05) is 19.1 Å². The van der Waals surface area contributed by atoms with Crippen LogP contribution in [0.15, 0.2) is 41.3 Å². The maximum atomic E-state index is 11.3. The molecule has 110 valence electrons. The first kappa shape index (κ1) is 15.1. The van der Waals surface area contributed by atoms with Crippen molar-refractivity contribution in [2.24, 2.45) is 0 Å². The van der Waals surface area contributed by atoms with E-state index in [0.717, 1.165) is 17.2 Å². The van der Waals surface area contributed by atoms with Crippen molar-refractivity contribution in [1.29, 1.82) is 0 Å². The van der Waals surface area contributed by atoms with Crippen molar-refractivity contribution in [2.45, 2.75) is 11.8 Å². The maximum Gasteiger partial charge on any atom is 0.125 e. The molecule has 2 aromatic rings. The van der Waals surface area contributed by atoms with Gasteiger partial charge in [-0.1, -0.05) is 24.3 Å². The molecule has 0 unspecified atom stereocenters. The van der Waals surface area contributed by atoms with Gasteiger partial charge < -0.3 is 16.0 Å². The highest BCUT2D eigenvalue weighted by molar-refractivity contribution is 7.85. The summed E-state index contributed by atoms with van der Waals surface area (Å²) in [6.07, 6.45) is 3.30. The van der Waals surface area contributed by atoms with Gasteiger partial charge in [0.1, 0.15) is 10.1 Å². The molecule has 0 amide bonds. The number of hydrogen-bond acceptors (Lipinski definition) is 5. The Bertz CT molecular complexity index is 812. The lowest BCUT2D eigenvalue weighted by Crippen LogP contribution is -2.02. The van der Waals surface area contributed by atoms with Gasteiger partial charge in [-0.25, -0.2) is 8.42 Å². The second-order valence-electron chi connectivity index (χ2n) is 4.70. The highest BCUT2D eigenvalue weighted by atomic mass is 32.2. The molecule has 5 nitrogen and oxygen atoms in total. The van der Waals surface area contributed by atoms with Crippen molar-refractivity contribution in [1.82, 2.24) is 0 Å². The predicted molar refractivity (Wildman–Crippen MR) is 83.3 cm³/mol. The minimum Gasteiger partial charge on any atom is -0.744 e. The number of hydrogen-bond donors (Lipinski definition) is 2. The first-order valence-electron chi connectivity index (χ1n) is 6.17. The number of benzene rings is 2. The number of rotatable bonds is 3. The van der Waals surface area contributed by atoms with Crippen LogP contribution < -0.4 is 11.5 Å². The van der Waals surface area contributed by atoms with Crippen molar-refractivity contribution in [3.05, 3.63) is 53.1 Å². The molecule has 21 heavy (non-hydrogen) atoms. The van der Waals surface area contributed by atoms with Crippen LogP contribution in [-0.2, 0) is 10.1 Å². The fourth-order valence-corrected chi connectivity index (χ4v) is 2.68.